The average molecular weight is 523 g/mol. The van der Waals surface area contributed by atoms with Crippen LogP contribution in [0.25, 0.3) is 5.65 Å². The first kappa shape index (κ1) is 26.2. The molecule has 1 aliphatic heterocycles. The molecule has 9 nitrogen and oxygen atoms in total. The van der Waals surface area contributed by atoms with Crippen LogP contribution in [0.4, 0.5) is 18.0 Å². The molecule has 1 fully saturated rings. The number of benzene rings is 2. The van der Waals surface area contributed by atoms with E-state index in [0.717, 1.165) is 22.3 Å². The summed E-state index contributed by atoms with van der Waals surface area (Å²) >= 11 is 0. The van der Waals surface area contributed by atoms with Gasteiger partial charge in [0.1, 0.15) is 11.2 Å². The number of hydroxylamine groups is 2. The number of carboxylic acid groups (broad SMARTS) is 1. The number of aliphatic carboxylic acids is 1. The molecule has 2 amide bonds. The standard InChI is InChI=1S/C24H19N5O2.C2HF3O2/c25-23(30)29-24(14-16-31-29,19-5-2-1-3-6-19)20-11-8-18(9-12-20)10-13-21-17-26-22-7-4-15-27-28(21)22;3-2(4,5)1(6)7/h1-9,11-12,15,17H,14,16H2,(H2,25,30);(H,6,7). The first-order chi connectivity index (χ1) is 18.1. The van der Waals surface area contributed by atoms with Crippen molar-refractivity contribution in [2.75, 3.05) is 6.61 Å². The number of primary amides is 1. The van der Waals surface area contributed by atoms with Crippen LogP contribution >= 0.6 is 0 Å². The summed E-state index contributed by atoms with van der Waals surface area (Å²) in [6, 6.07) is 20.7. The topological polar surface area (TPSA) is 123 Å². The SMILES string of the molecule is NC(=O)N1OCCC1(c1ccccc1)c1ccc(C#Cc2cnc3cccnn23)cc1.O=C(O)C(F)(F)F. The van der Waals surface area contributed by atoms with E-state index in [1.54, 1.807) is 16.9 Å². The third-order valence-electron chi connectivity index (χ3n) is 5.70. The van der Waals surface area contributed by atoms with Crippen LogP contribution in [0.5, 0.6) is 0 Å². The number of amides is 2. The molecule has 0 radical (unpaired) electrons. The van der Waals surface area contributed by atoms with E-state index in [1.807, 2.05) is 66.7 Å². The third-order valence-corrected chi connectivity index (χ3v) is 5.70. The summed E-state index contributed by atoms with van der Waals surface area (Å²) in [5.74, 6) is 3.52. The van der Waals surface area contributed by atoms with Crippen molar-refractivity contribution in [3.8, 4) is 11.8 Å². The van der Waals surface area contributed by atoms with Crippen LogP contribution in [0.1, 0.15) is 28.8 Å². The summed E-state index contributed by atoms with van der Waals surface area (Å²) in [6.45, 7) is 0.403. The third kappa shape index (κ3) is 5.28. The lowest BCUT2D eigenvalue weighted by atomic mass is 9.80. The molecule has 0 aliphatic carbocycles. The monoisotopic (exact) mass is 523 g/mol. The van der Waals surface area contributed by atoms with Gasteiger partial charge >= 0.3 is 18.2 Å². The van der Waals surface area contributed by atoms with Gasteiger partial charge in [-0.1, -0.05) is 48.4 Å². The van der Waals surface area contributed by atoms with Gasteiger partial charge in [0.2, 0.25) is 0 Å². The van der Waals surface area contributed by atoms with Crippen molar-refractivity contribution < 1.29 is 32.7 Å². The van der Waals surface area contributed by atoms with E-state index < -0.39 is 23.7 Å². The van der Waals surface area contributed by atoms with Crippen LogP contribution in [0.15, 0.2) is 79.1 Å². The molecule has 3 heterocycles. The summed E-state index contributed by atoms with van der Waals surface area (Å²) in [7, 11) is 0. The average Bonchev–Trinajstić information content (AvgIpc) is 3.54. The zero-order valence-corrected chi connectivity index (χ0v) is 19.6. The molecule has 0 bridgehead atoms. The second kappa shape index (κ2) is 10.6. The van der Waals surface area contributed by atoms with E-state index in [0.29, 0.717) is 18.7 Å². The van der Waals surface area contributed by atoms with Gasteiger partial charge in [-0.15, -0.1) is 0 Å². The van der Waals surface area contributed by atoms with Crippen molar-refractivity contribution in [2.24, 2.45) is 5.73 Å². The van der Waals surface area contributed by atoms with E-state index in [9.17, 15) is 18.0 Å². The van der Waals surface area contributed by atoms with Gasteiger partial charge in [0.15, 0.2) is 5.65 Å². The number of rotatable bonds is 2. The number of nitrogens with zero attached hydrogens (tertiary/aromatic N) is 4. The minimum absolute atomic E-state index is 0.403. The highest BCUT2D eigenvalue weighted by atomic mass is 19.4. The molecule has 1 aliphatic rings. The molecule has 1 saturated heterocycles. The predicted molar refractivity (Wildman–Crippen MR) is 128 cm³/mol. The molecule has 12 heteroatoms. The Morgan fingerprint density at radius 3 is 2.29 bits per heavy atom. The molecule has 38 heavy (non-hydrogen) atoms. The second-order valence-electron chi connectivity index (χ2n) is 8.01. The highest BCUT2D eigenvalue weighted by Crippen LogP contribution is 2.43. The maximum atomic E-state index is 12.2. The van der Waals surface area contributed by atoms with Gasteiger partial charge in [-0.25, -0.2) is 19.1 Å². The van der Waals surface area contributed by atoms with Gasteiger partial charge in [-0.2, -0.15) is 23.3 Å². The maximum Gasteiger partial charge on any atom is 0.490 e. The Morgan fingerprint density at radius 2 is 1.66 bits per heavy atom. The van der Waals surface area contributed by atoms with Crippen molar-refractivity contribution in [3.05, 3.63) is 102 Å². The quantitative estimate of drug-likeness (QED) is 0.386. The van der Waals surface area contributed by atoms with Gasteiger partial charge in [-0.05, 0) is 41.3 Å². The summed E-state index contributed by atoms with van der Waals surface area (Å²) in [4.78, 5) is 31.0. The van der Waals surface area contributed by atoms with Crippen LogP contribution in [0.2, 0.25) is 0 Å². The lowest BCUT2D eigenvalue weighted by molar-refractivity contribution is -0.192. The van der Waals surface area contributed by atoms with Crippen molar-refractivity contribution in [1.82, 2.24) is 19.7 Å². The minimum Gasteiger partial charge on any atom is -0.475 e. The molecule has 194 valence electrons. The van der Waals surface area contributed by atoms with E-state index in [1.165, 1.54) is 5.06 Å². The van der Waals surface area contributed by atoms with Crippen molar-refractivity contribution in [3.63, 3.8) is 0 Å². The zero-order chi connectivity index (χ0) is 27.3. The number of alkyl halides is 3. The number of hydrogen-bond acceptors (Lipinski definition) is 5. The molecular weight excluding hydrogens is 503 g/mol. The van der Waals surface area contributed by atoms with E-state index in [-0.39, 0.29) is 0 Å². The number of nitrogens with two attached hydrogens (primary N) is 1. The molecule has 4 aromatic rings. The van der Waals surface area contributed by atoms with Crippen LogP contribution < -0.4 is 5.73 Å². The van der Waals surface area contributed by atoms with Gasteiger partial charge in [0.25, 0.3) is 0 Å². The normalized spacial score (nSPS) is 16.8. The Balaban J connectivity index is 0.000000426. The number of urea groups is 1. The van der Waals surface area contributed by atoms with Crippen LogP contribution in [0.3, 0.4) is 0 Å². The molecule has 1 atom stereocenters. The number of carbonyl (C=O) groups is 2. The van der Waals surface area contributed by atoms with E-state index >= 15 is 0 Å². The van der Waals surface area contributed by atoms with Crippen molar-refractivity contribution in [1.29, 1.82) is 0 Å². The summed E-state index contributed by atoms with van der Waals surface area (Å²) in [5.41, 5.74) is 9.04. The van der Waals surface area contributed by atoms with Crippen molar-refractivity contribution >= 4 is 17.6 Å². The zero-order valence-electron chi connectivity index (χ0n) is 19.6. The predicted octanol–water partition coefficient (Wildman–Crippen LogP) is 3.72. The van der Waals surface area contributed by atoms with Gasteiger partial charge in [0.05, 0.1) is 12.8 Å². The number of imidazole rings is 1. The van der Waals surface area contributed by atoms with Crippen LogP contribution in [0, 0.1) is 11.8 Å². The van der Waals surface area contributed by atoms with Crippen LogP contribution in [-0.4, -0.2) is 49.6 Å². The Hall–Kier alpha value is -4.89. The summed E-state index contributed by atoms with van der Waals surface area (Å²) in [5, 5.41) is 12.7. The smallest absolute Gasteiger partial charge is 0.475 e. The highest BCUT2D eigenvalue weighted by Gasteiger charge is 2.47. The van der Waals surface area contributed by atoms with E-state index in [2.05, 4.69) is 21.9 Å². The maximum absolute atomic E-state index is 12.2. The number of carboxylic acids is 1. The number of halogens is 3. The van der Waals surface area contributed by atoms with Gasteiger partial charge < -0.3 is 10.8 Å². The number of carbonyl (C=O) groups excluding carboxylic acids is 1. The fourth-order valence-corrected chi connectivity index (χ4v) is 4.03. The van der Waals surface area contributed by atoms with E-state index in [4.69, 9.17) is 20.5 Å². The first-order valence-electron chi connectivity index (χ1n) is 11.1. The molecule has 5 rings (SSSR count). The second-order valence-corrected chi connectivity index (χ2v) is 8.01. The lowest BCUT2D eigenvalue weighted by Gasteiger charge is -2.36. The van der Waals surface area contributed by atoms with Gasteiger partial charge in [-0.3, -0.25) is 4.84 Å². The highest BCUT2D eigenvalue weighted by molar-refractivity contribution is 5.74. The fraction of sp³-hybridized carbons (Fsp3) is 0.154. The lowest BCUT2D eigenvalue weighted by Crippen LogP contribution is -2.47. The molecule has 2 aromatic heterocycles. The molecule has 2 aromatic carbocycles. The Bertz CT molecular complexity index is 1510. The molecule has 0 saturated carbocycles. The Morgan fingerprint density at radius 1 is 1.00 bits per heavy atom. The fourth-order valence-electron chi connectivity index (χ4n) is 4.03. The molecule has 0 spiro atoms. The molecule has 1 unspecified atom stereocenters. The van der Waals surface area contributed by atoms with Crippen LogP contribution in [-0.2, 0) is 15.2 Å². The number of fused-ring (bicyclic) bond motifs is 1. The Kier molecular flexibility index (Phi) is 7.31. The number of aromatic nitrogens is 3. The minimum atomic E-state index is -5.08. The molecular formula is C26H20F3N5O4. The summed E-state index contributed by atoms with van der Waals surface area (Å²) in [6.07, 6.45) is -1.07. The molecule has 3 N–H and O–H groups in total. The van der Waals surface area contributed by atoms with Crippen molar-refractivity contribution in [2.45, 2.75) is 18.1 Å². The first-order valence-corrected chi connectivity index (χ1v) is 11.1. The summed E-state index contributed by atoms with van der Waals surface area (Å²) < 4.78 is 33.4. The largest absolute Gasteiger partial charge is 0.490 e. The van der Waals surface area contributed by atoms with Gasteiger partial charge in [0, 0.05) is 18.2 Å². The number of hydrogen-bond donors (Lipinski definition) is 2. The Labute approximate surface area is 214 Å².